The summed E-state index contributed by atoms with van der Waals surface area (Å²) < 4.78 is 39.9. The number of carboxylic acids is 1. The molecule has 0 fully saturated rings. The third kappa shape index (κ3) is 3.17. The van der Waals surface area contributed by atoms with E-state index in [2.05, 4.69) is 4.72 Å². The van der Waals surface area contributed by atoms with Crippen LogP contribution in [0.4, 0.5) is 10.1 Å². The fourth-order valence-corrected chi connectivity index (χ4v) is 4.19. The zero-order valence-electron chi connectivity index (χ0n) is 10.6. The lowest BCUT2D eigenvalue weighted by atomic mass is 10.3. The molecule has 0 atom stereocenters. The van der Waals surface area contributed by atoms with E-state index in [4.69, 9.17) is 16.7 Å². The van der Waals surface area contributed by atoms with Crippen molar-refractivity contribution in [1.82, 2.24) is 0 Å². The number of rotatable bonds is 4. The quantitative estimate of drug-likeness (QED) is 0.886. The third-order valence-corrected chi connectivity index (χ3v) is 5.91. The Bertz CT molecular complexity index is 817. The van der Waals surface area contributed by atoms with Crippen molar-refractivity contribution >= 4 is 44.6 Å². The summed E-state index contributed by atoms with van der Waals surface area (Å²) >= 11 is 6.17. The third-order valence-electron chi connectivity index (χ3n) is 2.55. The van der Waals surface area contributed by atoms with Crippen LogP contribution in [0.25, 0.3) is 0 Å². The van der Waals surface area contributed by atoms with Crippen LogP contribution in [0, 0.1) is 12.7 Å². The van der Waals surface area contributed by atoms with E-state index in [0.717, 1.165) is 0 Å². The molecule has 0 aliphatic carbocycles. The van der Waals surface area contributed by atoms with Crippen LogP contribution in [0.5, 0.6) is 0 Å². The first-order valence-electron chi connectivity index (χ1n) is 5.53. The largest absolute Gasteiger partial charge is 0.477 e. The molecule has 0 aliphatic rings. The Morgan fingerprint density at radius 1 is 1.43 bits per heavy atom. The zero-order valence-corrected chi connectivity index (χ0v) is 12.9. The van der Waals surface area contributed by atoms with Crippen LogP contribution in [0.2, 0.25) is 5.02 Å². The summed E-state index contributed by atoms with van der Waals surface area (Å²) in [6.07, 6.45) is 0. The van der Waals surface area contributed by atoms with E-state index >= 15 is 0 Å². The van der Waals surface area contributed by atoms with Crippen molar-refractivity contribution in [1.29, 1.82) is 0 Å². The summed E-state index contributed by atoms with van der Waals surface area (Å²) in [4.78, 5) is 10.9. The maximum atomic E-state index is 13.7. The van der Waals surface area contributed by atoms with Gasteiger partial charge in [0.15, 0.2) is 5.82 Å². The Kier molecular flexibility index (Phi) is 4.22. The summed E-state index contributed by atoms with van der Waals surface area (Å²) in [5, 5.41) is 8.71. The predicted molar refractivity (Wildman–Crippen MR) is 78.2 cm³/mol. The molecule has 1 heterocycles. The molecule has 0 radical (unpaired) electrons. The second-order valence-corrected chi connectivity index (χ2v) is 7.46. The number of benzene rings is 1. The maximum absolute atomic E-state index is 13.7. The molecule has 5 nitrogen and oxygen atoms in total. The van der Waals surface area contributed by atoms with Gasteiger partial charge >= 0.3 is 5.97 Å². The lowest BCUT2D eigenvalue weighted by molar-refractivity contribution is 0.0701. The van der Waals surface area contributed by atoms with E-state index < -0.39 is 21.8 Å². The van der Waals surface area contributed by atoms with Gasteiger partial charge in [-0.1, -0.05) is 17.7 Å². The Morgan fingerprint density at radius 2 is 2.10 bits per heavy atom. The minimum Gasteiger partial charge on any atom is -0.477 e. The summed E-state index contributed by atoms with van der Waals surface area (Å²) in [5.41, 5.74) is 0.0184. The monoisotopic (exact) mass is 349 g/mol. The number of carbonyl (C=O) groups is 1. The van der Waals surface area contributed by atoms with Gasteiger partial charge in [-0.2, -0.15) is 0 Å². The summed E-state index contributed by atoms with van der Waals surface area (Å²) in [6.45, 7) is 1.49. The molecule has 0 spiro atoms. The molecule has 112 valence electrons. The van der Waals surface area contributed by atoms with Crippen LogP contribution in [-0.4, -0.2) is 19.5 Å². The van der Waals surface area contributed by atoms with Crippen molar-refractivity contribution in [3.05, 3.63) is 45.5 Å². The van der Waals surface area contributed by atoms with Gasteiger partial charge in [-0.05, 0) is 30.7 Å². The number of aryl methyl sites for hydroxylation is 1. The molecular formula is C12H9ClFNO4S2. The van der Waals surface area contributed by atoms with E-state index in [1.165, 1.54) is 31.2 Å². The van der Waals surface area contributed by atoms with E-state index in [1.54, 1.807) is 0 Å². The number of thiophene rings is 1. The highest BCUT2D eigenvalue weighted by Gasteiger charge is 2.23. The van der Waals surface area contributed by atoms with Crippen molar-refractivity contribution in [2.45, 2.75) is 11.1 Å². The lowest BCUT2D eigenvalue weighted by Gasteiger charge is -2.07. The number of aromatic carboxylic acids is 1. The molecule has 0 unspecified atom stereocenters. The summed E-state index contributed by atoms with van der Waals surface area (Å²) in [7, 11) is -4.08. The highest BCUT2D eigenvalue weighted by molar-refractivity contribution is 7.94. The van der Waals surface area contributed by atoms with E-state index in [-0.39, 0.29) is 19.8 Å². The van der Waals surface area contributed by atoms with Crippen molar-refractivity contribution in [2.75, 3.05) is 4.72 Å². The van der Waals surface area contributed by atoms with Gasteiger partial charge in [-0.25, -0.2) is 17.6 Å². The Labute approximate surface area is 129 Å². The molecule has 0 aliphatic heterocycles. The van der Waals surface area contributed by atoms with E-state index in [1.807, 2.05) is 0 Å². The number of halogens is 2. The van der Waals surface area contributed by atoms with Gasteiger partial charge in [0, 0.05) is 0 Å². The number of hydrogen-bond acceptors (Lipinski definition) is 4. The molecule has 2 rings (SSSR count). The number of sulfonamides is 1. The van der Waals surface area contributed by atoms with Crippen molar-refractivity contribution in [2.24, 2.45) is 0 Å². The summed E-state index contributed by atoms with van der Waals surface area (Å²) in [6, 6.07) is 5.12. The smallest absolute Gasteiger partial charge is 0.346 e. The van der Waals surface area contributed by atoms with Gasteiger partial charge in [-0.3, -0.25) is 4.72 Å². The number of carboxylic acid groups (broad SMARTS) is 1. The average Bonchev–Trinajstić information content (AvgIpc) is 2.78. The molecule has 0 saturated heterocycles. The van der Waals surface area contributed by atoms with Gasteiger partial charge in [0.25, 0.3) is 10.0 Å². The normalized spacial score (nSPS) is 11.4. The average molecular weight is 350 g/mol. The molecule has 2 N–H and O–H groups in total. The van der Waals surface area contributed by atoms with E-state index in [9.17, 15) is 17.6 Å². The first kappa shape index (κ1) is 15.7. The zero-order chi connectivity index (χ0) is 15.8. The van der Waals surface area contributed by atoms with E-state index in [0.29, 0.717) is 16.9 Å². The van der Waals surface area contributed by atoms with Crippen LogP contribution in [0.15, 0.2) is 28.5 Å². The molecule has 0 amide bonds. The maximum Gasteiger partial charge on any atom is 0.346 e. The first-order chi connectivity index (χ1) is 9.72. The van der Waals surface area contributed by atoms with Gasteiger partial charge in [-0.15, -0.1) is 11.3 Å². The van der Waals surface area contributed by atoms with Crippen LogP contribution in [0.1, 0.15) is 15.2 Å². The molecule has 2 aromatic rings. The van der Waals surface area contributed by atoms with Gasteiger partial charge in [0.1, 0.15) is 9.09 Å². The second kappa shape index (κ2) is 5.63. The van der Waals surface area contributed by atoms with Crippen LogP contribution in [-0.2, 0) is 10.0 Å². The fraction of sp³-hybridized carbons (Fsp3) is 0.0833. The molecule has 21 heavy (non-hydrogen) atoms. The predicted octanol–water partition coefficient (Wildman–Crippen LogP) is 3.35. The molecule has 0 saturated carbocycles. The molecule has 1 aromatic heterocycles. The molecule has 9 heteroatoms. The second-order valence-electron chi connectivity index (χ2n) is 4.09. The van der Waals surface area contributed by atoms with Crippen LogP contribution in [0.3, 0.4) is 0 Å². The number of hydrogen-bond donors (Lipinski definition) is 2. The van der Waals surface area contributed by atoms with Crippen LogP contribution < -0.4 is 4.72 Å². The SMILES string of the molecule is Cc1cc(S(=O)(=O)Nc2cccc(Cl)c2F)sc1C(=O)O. The highest BCUT2D eigenvalue weighted by Crippen LogP contribution is 2.29. The van der Waals surface area contributed by atoms with Gasteiger partial charge in [0.05, 0.1) is 10.7 Å². The van der Waals surface area contributed by atoms with Gasteiger partial charge in [0.2, 0.25) is 0 Å². The van der Waals surface area contributed by atoms with Crippen molar-refractivity contribution < 1.29 is 22.7 Å². The Hall–Kier alpha value is -1.64. The standard InChI is InChI=1S/C12H9ClFNO4S2/c1-6-5-9(20-11(6)12(16)17)21(18,19)15-8-4-2-3-7(13)10(8)14/h2-5,15H,1H3,(H,16,17). The lowest BCUT2D eigenvalue weighted by Crippen LogP contribution is -2.12. The summed E-state index contributed by atoms with van der Waals surface area (Å²) in [5.74, 6) is -2.11. The van der Waals surface area contributed by atoms with Crippen molar-refractivity contribution in [3.63, 3.8) is 0 Å². The topological polar surface area (TPSA) is 83.5 Å². The minimum atomic E-state index is -4.08. The molecular weight excluding hydrogens is 341 g/mol. The first-order valence-corrected chi connectivity index (χ1v) is 8.20. The fourth-order valence-electron chi connectivity index (χ4n) is 1.58. The minimum absolute atomic E-state index is 0.0815. The Balaban J connectivity index is 2.41. The molecule has 0 bridgehead atoms. The van der Waals surface area contributed by atoms with Crippen LogP contribution >= 0.6 is 22.9 Å². The molecule has 1 aromatic carbocycles. The number of anilines is 1. The van der Waals surface area contributed by atoms with Crippen molar-refractivity contribution in [3.8, 4) is 0 Å². The Morgan fingerprint density at radius 3 is 2.67 bits per heavy atom. The van der Waals surface area contributed by atoms with Gasteiger partial charge < -0.3 is 5.11 Å². The number of nitrogens with one attached hydrogen (secondary N) is 1. The highest BCUT2D eigenvalue weighted by atomic mass is 35.5.